The molecule has 0 heterocycles. The highest BCUT2D eigenvalue weighted by Gasteiger charge is 2.21. The molecule has 6 nitrogen and oxygen atoms in total. The Hall–Kier alpha value is -2.08. The monoisotopic (exact) mass is 298 g/mol. The van der Waals surface area contributed by atoms with Crippen LogP contribution in [0.25, 0.3) is 0 Å². The zero-order valence-corrected chi connectivity index (χ0v) is 11.6. The Morgan fingerprint density at radius 1 is 1.40 bits per heavy atom. The van der Waals surface area contributed by atoms with Gasteiger partial charge in [-0.05, 0) is 37.1 Å². The number of carboxylic acid groups (broad SMARTS) is 1. The Morgan fingerprint density at radius 2 is 2.05 bits per heavy atom. The summed E-state index contributed by atoms with van der Waals surface area (Å²) in [5.41, 5.74) is 5.93. The molecule has 0 aliphatic rings. The molecule has 0 aliphatic heterocycles. The zero-order valence-electron chi connectivity index (χ0n) is 10.9. The summed E-state index contributed by atoms with van der Waals surface area (Å²) in [6, 6.07) is 3.50. The van der Waals surface area contributed by atoms with Crippen LogP contribution in [0.3, 0.4) is 0 Å². The number of nitrogens with one attached hydrogen (secondary N) is 1. The van der Waals surface area contributed by atoms with Gasteiger partial charge in [-0.2, -0.15) is 0 Å². The van der Waals surface area contributed by atoms with E-state index in [2.05, 4.69) is 5.32 Å². The SMILES string of the molecule is Cc1cc(Cl)ccc1C(=O)NC(CCC(N)=O)C(=O)O. The van der Waals surface area contributed by atoms with Crippen molar-refractivity contribution in [1.29, 1.82) is 0 Å². The molecule has 2 amide bonds. The molecule has 0 radical (unpaired) electrons. The zero-order chi connectivity index (χ0) is 15.3. The van der Waals surface area contributed by atoms with Crippen molar-refractivity contribution in [2.45, 2.75) is 25.8 Å². The lowest BCUT2D eigenvalue weighted by Crippen LogP contribution is -2.41. The minimum absolute atomic E-state index is 0.0525. The normalized spacial score (nSPS) is 11.7. The molecule has 108 valence electrons. The molecule has 0 saturated carbocycles. The van der Waals surface area contributed by atoms with E-state index in [1.54, 1.807) is 19.1 Å². The first kappa shape index (κ1) is 16.0. The highest BCUT2D eigenvalue weighted by atomic mass is 35.5. The number of carboxylic acids is 1. The van der Waals surface area contributed by atoms with Crippen LogP contribution in [0.2, 0.25) is 5.02 Å². The molecule has 0 bridgehead atoms. The lowest BCUT2D eigenvalue weighted by atomic mass is 10.1. The Labute approximate surface area is 120 Å². The van der Waals surface area contributed by atoms with E-state index in [-0.39, 0.29) is 12.8 Å². The Morgan fingerprint density at radius 3 is 2.55 bits per heavy atom. The van der Waals surface area contributed by atoms with Crippen LogP contribution >= 0.6 is 11.6 Å². The quantitative estimate of drug-likeness (QED) is 0.730. The summed E-state index contributed by atoms with van der Waals surface area (Å²) < 4.78 is 0. The van der Waals surface area contributed by atoms with Gasteiger partial charge in [0.1, 0.15) is 6.04 Å². The fraction of sp³-hybridized carbons (Fsp3) is 0.308. The fourth-order valence-corrected chi connectivity index (χ4v) is 1.89. The van der Waals surface area contributed by atoms with E-state index in [9.17, 15) is 14.4 Å². The molecule has 0 aliphatic carbocycles. The molecule has 4 N–H and O–H groups in total. The van der Waals surface area contributed by atoms with E-state index >= 15 is 0 Å². The van der Waals surface area contributed by atoms with Gasteiger partial charge >= 0.3 is 5.97 Å². The maximum atomic E-state index is 12.0. The minimum atomic E-state index is -1.22. The van der Waals surface area contributed by atoms with Crippen LogP contribution in [-0.4, -0.2) is 28.9 Å². The van der Waals surface area contributed by atoms with Crippen molar-refractivity contribution < 1.29 is 19.5 Å². The number of amides is 2. The molecule has 20 heavy (non-hydrogen) atoms. The maximum Gasteiger partial charge on any atom is 0.326 e. The molecule has 1 unspecified atom stereocenters. The summed E-state index contributed by atoms with van der Waals surface area (Å²) in [5.74, 6) is -2.37. The molecule has 0 saturated heterocycles. The average Bonchev–Trinajstić information content (AvgIpc) is 2.33. The van der Waals surface area contributed by atoms with Gasteiger partial charge in [-0.3, -0.25) is 9.59 Å². The van der Waals surface area contributed by atoms with Crippen LogP contribution in [0.4, 0.5) is 0 Å². The van der Waals surface area contributed by atoms with Gasteiger partial charge < -0.3 is 16.2 Å². The highest BCUT2D eigenvalue weighted by Crippen LogP contribution is 2.15. The molecule has 7 heteroatoms. The van der Waals surface area contributed by atoms with Crippen LogP contribution < -0.4 is 11.1 Å². The third-order valence-electron chi connectivity index (χ3n) is 2.72. The van der Waals surface area contributed by atoms with Crippen LogP contribution in [0.15, 0.2) is 18.2 Å². The van der Waals surface area contributed by atoms with E-state index in [1.165, 1.54) is 6.07 Å². The van der Waals surface area contributed by atoms with Crippen molar-refractivity contribution >= 4 is 29.4 Å². The number of hydrogen-bond acceptors (Lipinski definition) is 3. The molecule has 0 spiro atoms. The van der Waals surface area contributed by atoms with Gasteiger partial charge in [-0.15, -0.1) is 0 Å². The second-order valence-electron chi connectivity index (χ2n) is 4.33. The molecule has 0 fully saturated rings. The van der Waals surface area contributed by atoms with Gasteiger partial charge in [0.05, 0.1) is 0 Å². The predicted octanol–water partition coefficient (Wildman–Crippen LogP) is 1.10. The van der Waals surface area contributed by atoms with Crippen LogP contribution in [-0.2, 0) is 9.59 Å². The van der Waals surface area contributed by atoms with Crippen molar-refractivity contribution in [1.82, 2.24) is 5.32 Å². The lowest BCUT2D eigenvalue weighted by molar-refractivity contribution is -0.139. The standard InChI is InChI=1S/C13H15ClN2O4/c1-7-6-8(14)2-3-9(7)12(18)16-10(13(19)20)4-5-11(15)17/h2-3,6,10H,4-5H2,1H3,(H2,15,17)(H,16,18)(H,19,20). The number of benzene rings is 1. The molecule has 1 aromatic rings. The topological polar surface area (TPSA) is 109 Å². The van der Waals surface area contributed by atoms with E-state index in [1.807, 2.05) is 0 Å². The van der Waals surface area contributed by atoms with Gasteiger partial charge in [-0.1, -0.05) is 11.6 Å². The smallest absolute Gasteiger partial charge is 0.326 e. The van der Waals surface area contributed by atoms with Gasteiger partial charge in [0.15, 0.2) is 0 Å². The number of halogens is 1. The first-order chi connectivity index (χ1) is 9.31. The summed E-state index contributed by atoms with van der Waals surface area (Å²) in [4.78, 5) is 33.7. The molecule has 0 aromatic heterocycles. The Kier molecular flexibility index (Phi) is 5.52. The largest absolute Gasteiger partial charge is 0.480 e. The predicted molar refractivity (Wildman–Crippen MR) is 73.5 cm³/mol. The van der Waals surface area contributed by atoms with Crippen LogP contribution in [0.5, 0.6) is 0 Å². The lowest BCUT2D eigenvalue weighted by Gasteiger charge is -2.14. The summed E-state index contributed by atoms with van der Waals surface area (Å²) in [7, 11) is 0. The average molecular weight is 299 g/mol. The van der Waals surface area contributed by atoms with E-state index in [0.717, 1.165) is 0 Å². The number of nitrogens with two attached hydrogens (primary N) is 1. The third kappa shape index (κ3) is 4.55. The highest BCUT2D eigenvalue weighted by molar-refractivity contribution is 6.30. The van der Waals surface area contributed by atoms with Gasteiger partial charge in [0.2, 0.25) is 5.91 Å². The van der Waals surface area contributed by atoms with Crippen molar-refractivity contribution in [2.24, 2.45) is 5.73 Å². The second-order valence-corrected chi connectivity index (χ2v) is 4.76. The van der Waals surface area contributed by atoms with Gasteiger partial charge in [0, 0.05) is 17.0 Å². The van der Waals surface area contributed by atoms with Gasteiger partial charge in [0.25, 0.3) is 5.91 Å². The van der Waals surface area contributed by atoms with E-state index < -0.39 is 23.8 Å². The minimum Gasteiger partial charge on any atom is -0.480 e. The molecular weight excluding hydrogens is 284 g/mol. The van der Waals surface area contributed by atoms with Crippen LogP contribution in [0.1, 0.15) is 28.8 Å². The third-order valence-corrected chi connectivity index (χ3v) is 2.95. The van der Waals surface area contributed by atoms with Gasteiger partial charge in [-0.25, -0.2) is 4.79 Å². The van der Waals surface area contributed by atoms with Crippen molar-refractivity contribution in [3.05, 3.63) is 34.3 Å². The van der Waals surface area contributed by atoms with E-state index in [4.69, 9.17) is 22.4 Å². The maximum absolute atomic E-state index is 12.0. The number of rotatable bonds is 6. The number of carbonyl (C=O) groups is 3. The molecule has 1 atom stereocenters. The Bertz CT molecular complexity index is 545. The number of aryl methyl sites for hydroxylation is 1. The fourth-order valence-electron chi connectivity index (χ4n) is 1.66. The number of hydrogen-bond donors (Lipinski definition) is 3. The number of aliphatic carboxylic acids is 1. The number of carbonyl (C=O) groups excluding carboxylic acids is 2. The van der Waals surface area contributed by atoms with Crippen molar-refractivity contribution in [3.8, 4) is 0 Å². The molecule has 1 aromatic carbocycles. The Balaban J connectivity index is 2.80. The summed E-state index contributed by atoms with van der Waals surface area (Å²) in [5, 5.41) is 11.9. The second kappa shape index (κ2) is 6.91. The number of primary amides is 1. The first-order valence-electron chi connectivity index (χ1n) is 5.89. The molecular formula is C13H15ClN2O4. The van der Waals surface area contributed by atoms with Crippen LogP contribution in [0, 0.1) is 6.92 Å². The summed E-state index contributed by atoms with van der Waals surface area (Å²) >= 11 is 5.79. The van der Waals surface area contributed by atoms with Crippen molar-refractivity contribution in [3.63, 3.8) is 0 Å². The molecule has 1 rings (SSSR count). The summed E-state index contributed by atoms with van der Waals surface area (Å²) in [6.07, 6.45) is -0.167. The van der Waals surface area contributed by atoms with Crippen molar-refractivity contribution in [2.75, 3.05) is 0 Å². The van der Waals surface area contributed by atoms with E-state index in [0.29, 0.717) is 16.1 Å². The summed E-state index contributed by atoms with van der Waals surface area (Å²) in [6.45, 7) is 1.69. The first-order valence-corrected chi connectivity index (χ1v) is 6.27.